The standard InChI is InChI=1S/C10H16N6/c1-8(11)10-13-7-16(14-10)5-3-9-12-4-6-15(9)2/h4,6-8H,3,5,11H2,1-2H3. The lowest BCUT2D eigenvalue weighted by atomic mass is 10.3. The van der Waals surface area contributed by atoms with E-state index in [9.17, 15) is 0 Å². The van der Waals surface area contributed by atoms with Crippen LogP contribution in [0.1, 0.15) is 24.6 Å². The quantitative estimate of drug-likeness (QED) is 0.802. The molecule has 0 saturated heterocycles. The van der Waals surface area contributed by atoms with Crippen LogP contribution in [0.3, 0.4) is 0 Å². The summed E-state index contributed by atoms with van der Waals surface area (Å²) in [5, 5.41) is 4.28. The van der Waals surface area contributed by atoms with Gasteiger partial charge in [0.2, 0.25) is 0 Å². The number of aromatic nitrogens is 5. The molecule has 0 aliphatic carbocycles. The molecule has 0 spiro atoms. The molecule has 0 aliphatic rings. The normalized spacial score (nSPS) is 12.9. The summed E-state index contributed by atoms with van der Waals surface area (Å²) in [4.78, 5) is 8.39. The number of hydrogen-bond donors (Lipinski definition) is 1. The zero-order valence-corrected chi connectivity index (χ0v) is 9.54. The monoisotopic (exact) mass is 220 g/mol. The molecule has 6 nitrogen and oxygen atoms in total. The predicted octanol–water partition coefficient (Wildman–Crippen LogP) is 0.274. The Labute approximate surface area is 94.1 Å². The number of hydrogen-bond acceptors (Lipinski definition) is 4. The highest BCUT2D eigenvalue weighted by Gasteiger charge is 2.06. The summed E-state index contributed by atoms with van der Waals surface area (Å²) in [6, 6.07) is -0.116. The zero-order valence-electron chi connectivity index (χ0n) is 9.54. The Morgan fingerprint density at radius 1 is 1.44 bits per heavy atom. The minimum Gasteiger partial charge on any atom is -0.338 e. The molecule has 2 rings (SSSR count). The van der Waals surface area contributed by atoms with Crippen LogP contribution in [-0.4, -0.2) is 24.3 Å². The van der Waals surface area contributed by atoms with Crippen LogP contribution in [0.25, 0.3) is 0 Å². The fourth-order valence-electron chi connectivity index (χ4n) is 1.48. The number of aryl methyl sites for hydroxylation is 3. The molecule has 1 atom stereocenters. The van der Waals surface area contributed by atoms with Gasteiger partial charge in [0.1, 0.15) is 12.2 Å². The Kier molecular flexibility index (Phi) is 3.00. The maximum atomic E-state index is 5.69. The molecule has 2 N–H and O–H groups in total. The first-order chi connectivity index (χ1) is 7.66. The topological polar surface area (TPSA) is 74.5 Å². The molecule has 0 aromatic carbocycles. The van der Waals surface area contributed by atoms with Gasteiger partial charge in [-0.2, -0.15) is 5.10 Å². The molecule has 0 bridgehead atoms. The van der Waals surface area contributed by atoms with Crippen molar-refractivity contribution in [2.24, 2.45) is 12.8 Å². The van der Waals surface area contributed by atoms with Gasteiger partial charge in [-0.15, -0.1) is 0 Å². The second-order valence-electron chi connectivity index (χ2n) is 3.86. The second-order valence-corrected chi connectivity index (χ2v) is 3.86. The van der Waals surface area contributed by atoms with Crippen LogP contribution in [0.4, 0.5) is 0 Å². The van der Waals surface area contributed by atoms with Crippen molar-refractivity contribution in [2.75, 3.05) is 0 Å². The van der Waals surface area contributed by atoms with Crippen LogP contribution < -0.4 is 5.73 Å². The minimum absolute atomic E-state index is 0.116. The first kappa shape index (κ1) is 10.8. The lowest BCUT2D eigenvalue weighted by Crippen LogP contribution is -2.10. The van der Waals surface area contributed by atoms with E-state index in [1.165, 1.54) is 0 Å². The van der Waals surface area contributed by atoms with Gasteiger partial charge in [-0.25, -0.2) is 9.97 Å². The van der Waals surface area contributed by atoms with Crippen LogP contribution in [0, 0.1) is 0 Å². The Balaban J connectivity index is 1.97. The van der Waals surface area contributed by atoms with E-state index in [-0.39, 0.29) is 6.04 Å². The van der Waals surface area contributed by atoms with Crippen molar-refractivity contribution in [3.63, 3.8) is 0 Å². The van der Waals surface area contributed by atoms with E-state index in [2.05, 4.69) is 15.1 Å². The fourth-order valence-corrected chi connectivity index (χ4v) is 1.48. The molecule has 2 aromatic rings. The summed E-state index contributed by atoms with van der Waals surface area (Å²) in [5.74, 6) is 1.72. The summed E-state index contributed by atoms with van der Waals surface area (Å²) < 4.78 is 3.80. The summed E-state index contributed by atoms with van der Waals surface area (Å²) in [6.45, 7) is 2.64. The Hall–Kier alpha value is -1.69. The molecule has 86 valence electrons. The molecule has 0 radical (unpaired) electrons. The Morgan fingerprint density at radius 3 is 2.81 bits per heavy atom. The van der Waals surface area contributed by atoms with Gasteiger partial charge in [0.15, 0.2) is 5.82 Å². The molecule has 2 heterocycles. The lowest BCUT2D eigenvalue weighted by Gasteiger charge is -2.01. The first-order valence-electron chi connectivity index (χ1n) is 5.28. The number of imidazole rings is 1. The maximum Gasteiger partial charge on any atom is 0.166 e. The van der Waals surface area contributed by atoms with E-state index in [4.69, 9.17) is 5.73 Å². The highest BCUT2D eigenvalue weighted by Crippen LogP contribution is 2.02. The molecular weight excluding hydrogens is 204 g/mol. The van der Waals surface area contributed by atoms with Gasteiger partial charge < -0.3 is 10.3 Å². The first-order valence-corrected chi connectivity index (χ1v) is 5.28. The van der Waals surface area contributed by atoms with E-state index < -0.39 is 0 Å². The fraction of sp³-hybridized carbons (Fsp3) is 0.500. The number of nitrogens with two attached hydrogens (primary N) is 1. The number of rotatable bonds is 4. The second kappa shape index (κ2) is 4.44. The van der Waals surface area contributed by atoms with Crippen molar-refractivity contribution in [1.29, 1.82) is 0 Å². The van der Waals surface area contributed by atoms with E-state index in [1.54, 1.807) is 17.2 Å². The SMILES string of the molecule is CC(N)c1ncn(CCc2nccn2C)n1. The Morgan fingerprint density at radius 2 is 2.25 bits per heavy atom. The van der Waals surface area contributed by atoms with Crippen molar-refractivity contribution >= 4 is 0 Å². The Bertz CT molecular complexity index is 455. The van der Waals surface area contributed by atoms with E-state index >= 15 is 0 Å². The van der Waals surface area contributed by atoms with Crippen LogP contribution in [0.5, 0.6) is 0 Å². The number of nitrogens with zero attached hydrogens (tertiary/aromatic N) is 5. The van der Waals surface area contributed by atoms with Gasteiger partial charge >= 0.3 is 0 Å². The third kappa shape index (κ3) is 2.27. The maximum absolute atomic E-state index is 5.69. The molecule has 16 heavy (non-hydrogen) atoms. The average Bonchev–Trinajstić information content (AvgIpc) is 2.83. The van der Waals surface area contributed by atoms with Crippen molar-refractivity contribution in [1.82, 2.24) is 24.3 Å². The van der Waals surface area contributed by atoms with Crippen molar-refractivity contribution in [3.8, 4) is 0 Å². The predicted molar refractivity (Wildman–Crippen MR) is 59.5 cm³/mol. The summed E-state index contributed by atoms with van der Waals surface area (Å²) in [6.07, 6.45) is 6.28. The summed E-state index contributed by atoms with van der Waals surface area (Å²) in [5.41, 5.74) is 5.69. The minimum atomic E-state index is -0.116. The van der Waals surface area contributed by atoms with Gasteiger partial charge in [0.05, 0.1) is 6.04 Å². The van der Waals surface area contributed by atoms with Crippen molar-refractivity contribution in [3.05, 3.63) is 30.4 Å². The van der Waals surface area contributed by atoms with Gasteiger partial charge in [-0.3, -0.25) is 4.68 Å². The third-order valence-corrected chi connectivity index (χ3v) is 2.45. The molecule has 2 aromatic heterocycles. The molecule has 0 amide bonds. The smallest absolute Gasteiger partial charge is 0.166 e. The van der Waals surface area contributed by atoms with Crippen LogP contribution in [0.2, 0.25) is 0 Å². The molecule has 0 fully saturated rings. The zero-order chi connectivity index (χ0) is 11.5. The highest BCUT2D eigenvalue weighted by atomic mass is 15.3. The van der Waals surface area contributed by atoms with Crippen LogP contribution >= 0.6 is 0 Å². The van der Waals surface area contributed by atoms with Crippen LogP contribution in [0.15, 0.2) is 18.7 Å². The molecule has 0 aliphatic heterocycles. The van der Waals surface area contributed by atoms with Crippen molar-refractivity contribution in [2.45, 2.75) is 25.9 Å². The molecule has 1 unspecified atom stereocenters. The lowest BCUT2D eigenvalue weighted by molar-refractivity contribution is 0.575. The van der Waals surface area contributed by atoms with Gasteiger partial charge in [-0.1, -0.05) is 0 Å². The summed E-state index contributed by atoms with van der Waals surface area (Å²) >= 11 is 0. The summed E-state index contributed by atoms with van der Waals surface area (Å²) in [7, 11) is 1.98. The average molecular weight is 220 g/mol. The van der Waals surface area contributed by atoms with Crippen molar-refractivity contribution < 1.29 is 0 Å². The molecular formula is C10H16N6. The molecule has 6 heteroatoms. The molecule has 0 saturated carbocycles. The third-order valence-electron chi connectivity index (χ3n) is 2.45. The largest absolute Gasteiger partial charge is 0.338 e. The van der Waals surface area contributed by atoms with Gasteiger partial charge in [0, 0.05) is 32.4 Å². The van der Waals surface area contributed by atoms with Gasteiger partial charge in [-0.05, 0) is 6.92 Å². The van der Waals surface area contributed by atoms with E-state index in [1.807, 2.05) is 24.7 Å². The van der Waals surface area contributed by atoms with Crippen LogP contribution in [-0.2, 0) is 20.0 Å². The highest BCUT2D eigenvalue weighted by molar-refractivity contribution is 4.92. The van der Waals surface area contributed by atoms with E-state index in [0.717, 1.165) is 18.8 Å². The van der Waals surface area contributed by atoms with E-state index in [0.29, 0.717) is 5.82 Å². The van der Waals surface area contributed by atoms with Gasteiger partial charge in [0.25, 0.3) is 0 Å².